The van der Waals surface area contributed by atoms with Crippen molar-refractivity contribution in [1.82, 2.24) is 0 Å². The molecule has 0 radical (unpaired) electrons. The molecule has 6 heteroatoms. The maximum absolute atomic E-state index is 9.82. The van der Waals surface area contributed by atoms with E-state index in [4.69, 9.17) is 9.84 Å². The number of unbranched alkanes of at least 4 members (excludes halogenated alkanes) is 4. The van der Waals surface area contributed by atoms with Crippen LogP contribution in [0.25, 0.3) is 0 Å². The van der Waals surface area contributed by atoms with Gasteiger partial charge in [-0.25, -0.2) is 0 Å². The average molecular weight is 294 g/mol. The molecule has 5 atom stereocenters. The van der Waals surface area contributed by atoms with Crippen LogP contribution >= 0.6 is 11.8 Å². The number of ether oxygens (including phenoxy) is 1. The summed E-state index contributed by atoms with van der Waals surface area (Å²) in [7, 11) is 0. The predicted octanol–water partition coefficient (Wildman–Crippen LogP) is 0.490. The minimum absolute atomic E-state index is 0.363. The van der Waals surface area contributed by atoms with E-state index >= 15 is 0 Å². The highest BCUT2D eigenvalue weighted by Crippen LogP contribution is 2.29. The molecular formula is C13H26O5S. The molecule has 0 amide bonds. The fourth-order valence-corrected chi connectivity index (χ4v) is 3.29. The number of aliphatic hydroxyl groups excluding tert-OH is 4. The molecule has 5 unspecified atom stereocenters. The molecule has 0 aromatic carbocycles. The summed E-state index contributed by atoms with van der Waals surface area (Å²) in [6.07, 6.45) is 1.42. The first-order valence-corrected chi connectivity index (χ1v) is 8.08. The van der Waals surface area contributed by atoms with Gasteiger partial charge in [-0.15, -0.1) is 11.8 Å². The Labute approximate surface area is 119 Å². The van der Waals surface area contributed by atoms with Crippen molar-refractivity contribution < 1.29 is 25.2 Å². The highest BCUT2D eigenvalue weighted by Gasteiger charge is 2.43. The van der Waals surface area contributed by atoms with Crippen molar-refractivity contribution in [2.75, 3.05) is 12.4 Å². The summed E-state index contributed by atoms with van der Waals surface area (Å²) in [5.74, 6) is 0.840. The van der Waals surface area contributed by atoms with Gasteiger partial charge in [0, 0.05) is 0 Å². The number of hydrogen-bond donors (Lipinski definition) is 4. The van der Waals surface area contributed by atoms with E-state index in [1.54, 1.807) is 0 Å². The Kier molecular flexibility index (Phi) is 8.29. The van der Waals surface area contributed by atoms with Crippen LogP contribution in [-0.2, 0) is 4.74 Å². The first kappa shape index (κ1) is 17.2. The van der Waals surface area contributed by atoms with Gasteiger partial charge in [0.05, 0.1) is 6.61 Å². The van der Waals surface area contributed by atoms with Crippen LogP contribution in [0.5, 0.6) is 0 Å². The van der Waals surface area contributed by atoms with Crippen LogP contribution in [0.1, 0.15) is 39.0 Å². The largest absolute Gasteiger partial charge is 0.394 e. The number of thioether (sulfide) groups is 1. The number of hydrogen-bond acceptors (Lipinski definition) is 6. The van der Waals surface area contributed by atoms with Gasteiger partial charge < -0.3 is 25.2 Å². The number of aliphatic hydroxyl groups is 4. The molecule has 4 N–H and O–H groups in total. The summed E-state index contributed by atoms with van der Waals surface area (Å²) in [6, 6.07) is 0. The second-order valence-corrected chi connectivity index (χ2v) is 6.19. The van der Waals surface area contributed by atoms with Crippen molar-refractivity contribution in [2.45, 2.75) is 68.9 Å². The third kappa shape index (κ3) is 5.21. The minimum Gasteiger partial charge on any atom is -0.394 e. The van der Waals surface area contributed by atoms with Crippen molar-refractivity contribution >= 4 is 11.8 Å². The second kappa shape index (κ2) is 9.15. The van der Waals surface area contributed by atoms with Crippen LogP contribution in [0.15, 0.2) is 0 Å². The second-order valence-electron chi connectivity index (χ2n) is 4.98. The van der Waals surface area contributed by atoms with E-state index in [0.717, 1.165) is 18.6 Å². The van der Waals surface area contributed by atoms with Gasteiger partial charge in [-0.2, -0.15) is 0 Å². The normalized spacial score (nSPS) is 35.5. The third-order valence-electron chi connectivity index (χ3n) is 3.38. The van der Waals surface area contributed by atoms with Gasteiger partial charge in [0.1, 0.15) is 29.9 Å². The van der Waals surface area contributed by atoms with E-state index in [2.05, 4.69) is 6.92 Å². The summed E-state index contributed by atoms with van der Waals surface area (Å²) < 4.78 is 5.41. The Morgan fingerprint density at radius 1 is 0.947 bits per heavy atom. The van der Waals surface area contributed by atoms with E-state index < -0.39 is 29.9 Å². The molecule has 1 rings (SSSR count). The van der Waals surface area contributed by atoms with E-state index in [9.17, 15) is 15.3 Å². The van der Waals surface area contributed by atoms with Gasteiger partial charge in [0.25, 0.3) is 0 Å². The summed E-state index contributed by atoms with van der Waals surface area (Å²) >= 11 is 1.43. The number of rotatable bonds is 8. The zero-order chi connectivity index (χ0) is 14.3. The highest BCUT2D eigenvalue weighted by molar-refractivity contribution is 7.99. The van der Waals surface area contributed by atoms with Crippen molar-refractivity contribution in [3.8, 4) is 0 Å². The molecule has 1 aliphatic rings. The van der Waals surface area contributed by atoms with Crippen molar-refractivity contribution in [1.29, 1.82) is 0 Å². The molecule has 0 saturated carbocycles. The Hall–Kier alpha value is 0.150. The first-order valence-electron chi connectivity index (χ1n) is 7.04. The molecular weight excluding hydrogens is 268 g/mol. The molecule has 5 nitrogen and oxygen atoms in total. The molecule has 19 heavy (non-hydrogen) atoms. The lowest BCUT2D eigenvalue weighted by Gasteiger charge is -2.39. The van der Waals surface area contributed by atoms with Crippen LogP contribution in [-0.4, -0.2) is 62.6 Å². The lowest BCUT2D eigenvalue weighted by Crippen LogP contribution is -2.57. The smallest absolute Gasteiger partial charge is 0.132 e. The summed E-state index contributed by atoms with van der Waals surface area (Å²) in [4.78, 5) is 0. The highest BCUT2D eigenvalue weighted by atomic mass is 32.2. The Bertz CT molecular complexity index is 239. The van der Waals surface area contributed by atoms with Crippen LogP contribution < -0.4 is 0 Å². The zero-order valence-electron chi connectivity index (χ0n) is 11.4. The maximum Gasteiger partial charge on any atom is 0.132 e. The summed E-state index contributed by atoms with van der Waals surface area (Å²) in [6.45, 7) is 1.81. The quantitative estimate of drug-likeness (QED) is 0.487. The maximum atomic E-state index is 9.82. The van der Waals surface area contributed by atoms with Crippen LogP contribution in [0.2, 0.25) is 0 Å². The summed E-state index contributed by atoms with van der Waals surface area (Å²) in [5, 5.41) is 38.2. The predicted molar refractivity (Wildman–Crippen MR) is 75.0 cm³/mol. The molecule has 0 aromatic heterocycles. The van der Waals surface area contributed by atoms with Crippen molar-refractivity contribution in [2.24, 2.45) is 0 Å². The lowest BCUT2D eigenvalue weighted by molar-refractivity contribution is -0.205. The molecule has 0 aromatic rings. The van der Waals surface area contributed by atoms with Gasteiger partial charge >= 0.3 is 0 Å². The van der Waals surface area contributed by atoms with Crippen LogP contribution in [0, 0.1) is 0 Å². The Balaban J connectivity index is 2.28. The topological polar surface area (TPSA) is 90.2 Å². The lowest BCUT2D eigenvalue weighted by atomic mass is 10.0. The molecule has 1 saturated heterocycles. The average Bonchev–Trinajstić information content (AvgIpc) is 2.42. The molecule has 114 valence electrons. The SMILES string of the molecule is CCCCCCCSC1OC(CO)C(O)C(O)C1O. The van der Waals surface area contributed by atoms with Crippen molar-refractivity contribution in [3.05, 3.63) is 0 Å². The van der Waals surface area contributed by atoms with E-state index in [1.807, 2.05) is 0 Å². The Morgan fingerprint density at radius 2 is 1.63 bits per heavy atom. The molecule has 0 aliphatic carbocycles. The molecule has 0 spiro atoms. The van der Waals surface area contributed by atoms with E-state index in [0.29, 0.717) is 0 Å². The van der Waals surface area contributed by atoms with E-state index in [-0.39, 0.29) is 6.61 Å². The fraction of sp³-hybridized carbons (Fsp3) is 1.00. The van der Waals surface area contributed by atoms with Gasteiger partial charge in [0.2, 0.25) is 0 Å². The van der Waals surface area contributed by atoms with Crippen LogP contribution in [0.4, 0.5) is 0 Å². The first-order chi connectivity index (χ1) is 9.11. The van der Waals surface area contributed by atoms with Gasteiger partial charge in [-0.3, -0.25) is 0 Å². The molecule has 0 bridgehead atoms. The van der Waals surface area contributed by atoms with Gasteiger partial charge in [0.15, 0.2) is 0 Å². The zero-order valence-corrected chi connectivity index (χ0v) is 12.3. The fourth-order valence-electron chi connectivity index (χ4n) is 2.11. The van der Waals surface area contributed by atoms with Crippen LogP contribution in [0.3, 0.4) is 0 Å². The molecule has 1 heterocycles. The summed E-state index contributed by atoms with van der Waals surface area (Å²) in [5.41, 5.74) is -0.582. The standard InChI is InChI=1S/C13H26O5S/c1-2-3-4-5-6-7-19-13-12(17)11(16)10(15)9(8-14)18-13/h9-17H,2-8H2,1H3. The van der Waals surface area contributed by atoms with Gasteiger partial charge in [-0.05, 0) is 12.2 Å². The van der Waals surface area contributed by atoms with Crippen molar-refractivity contribution in [3.63, 3.8) is 0 Å². The van der Waals surface area contributed by atoms with E-state index in [1.165, 1.54) is 31.0 Å². The monoisotopic (exact) mass is 294 g/mol. The third-order valence-corrected chi connectivity index (χ3v) is 4.62. The van der Waals surface area contributed by atoms with Gasteiger partial charge in [-0.1, -0.05) is 32.6 Å². The molecule has 1 aliphatic heterocycles. The Morgan fingerprint density at radius 3 is 2.26 bits per heavy atom. The minimum atomic E-state index is -1.26. The molecule has 1 fully saturated rings.